The molecule has 0 aliphatic heterocycles. The molecule has 1 aliphatic rings. The van der Waals surface area contributed by atoms with Crippen LogP contribution in [0.4, 0.5) is 0 Å². The fourth-order valence-electron chi connectivity index (χ4n) is 1.69. The number of hydrogen-bond acceptors (Lipinski definition) is 4. The van der Waals surface area contributed by atoms with Crippen molar-refractivity contribution in [3.63, 3.8) is 0 Å². The summed E-state index contributed by atoms with van der Waals surface area (Å²) in [6.07, 6.45) is 2.82. The normalized spacial score (nSPS) is 18.4. The number of nitrogens with zero attached hydrogens (tertiary/aromatic N) is 2. The molecule has 2 rings (SSSR count). The van der Waals surface area contributed by atoms with Crippen molar-refractivity contribution in [3.05, 3.63) is 16.1 Å². The van der Waals surface area contributed by atoms with Gasteiger partial charge in [-0.1, -0.05) is 0 Å². The maximum absolute atomic E-state index is 5.78. The largest absolute Gasteiger partial charge is 0.322 e. The van der Waals surface area contributed by atoms with E-state index in [-0.39, 0.29) is 6.04 Å². The summed E-state index contributed by atoms with van der Waals surface area (Å²) in [6, 6.07) is 0.0671. The first kappa shape index (κ1) is 11.0. The average Bonchev–Trinajstić information content (AvgIpc) is 2.82. The van der Waals surface area contributed by atoms with Gasteiger partial charge in [0.05, 0.1) is 11.7 Å². The predicted molar refractivity (Wildman–Crippen MR) is 63.8 cm³/mol. The third-order valence-electron chi connectivity index (χ3n) is 2.66. The molecule has 1 unspecified atom stereocenters. The second-order valence-corrected chi connectivity index (χ2v) is 5.50. The fourth-order valence-corrected chi connectivity index (χ4v) is 2.46. The van der Waals surface area contributed by atoms with E-state index in [1.807, 2.05) is 6.92 Å². The van der Waals surface area contributed by atoms with Crippen molar-refractivity contribution in [2.24, 2.45) is 11.7 Å². The van der Waals surface area contributed by atoms with Crippen molar-refractivity contribution >= 4 is 11.3 Å². The molecule has 0 saturated heterocycles. The highest BCUT2D eigenvalue weighted by molar-refractivity contribution is 7.09. The first-order valence-corrected chi connectivity index (χ1v) is 6.41. The lowest BCUT2D eigenvalue weighted by atomic mass is 10.3. The Balaban J connectivity index is 1.85. The highest BCUT2D eigenvalue weighted by atomic mass is 32.1. The number of thiazole rings is 1. The molecule has 0 aromatic carbocycles. The molecule has 4 heteroatoms. The molecule has 1 fully saturated rings. The summed E-state index contributed by atoms with van der Waals surface area (Å²) in [4.78, 5) is 6.89. The van der Waals surface area contributed by atoms with Crippen molar-refractivity contribution < 1.29 is 0 Å². The molecular formula is C11H19N3S. The van der Waals surface area contributed by atoms with E-state index in [9.17, 15) is 0 Å². The molecule has 1 aromatic heterocycles. The number of hydrogen-bond donors (Lipinski definition) is 1. The molecule has 1 atom stereocenters. The highest BCUT2D eigenvalue weighted by Gasteiger charge is 2.22. The minimum absolute atomic E-state index is 0.0671. The molecule has 15 heavy (non-hydrogen) atoms. The lowest BCUT2D eigenvalue weighted by Crippen LogP contribution is -2.20. The Bertz CT molecular complexity index is 317. The van der Waals surface area contributed by atoms with Crippen LogP contribution >= 0.6 is 11.3 Å². The van der Waals surface area contributed by atoms with Crippen LogP contribution in [-0.2, 0) is 6.54 Å². The molecule has 1 aromatic rings. The molecule has 0 spiro atoms. The molecular weight excluding hydrogens is 206 g/mol. The van der Waals surface area contributed by atoms with E-state index in [2.05, 4.69) is 22.3 Å². The second kappa shape index (κ2) is 4.60. The van der Waals surface area contributed by atoms with Crippen LogP contribution < -0.4 is 5.73 Å². The van der Waals surface area contributed by atoms with Crippen LogP contribution in [0.3, 0.4) is 0 Å². The van der Waals surface area contributed by atoms with Gasteiger partial charge in [-0.05, 0) is 32.7 Å². The first-order valence-electron chi connectivity index (χ1n) is 5.53. The third kappa shape index (κ3) is 3.26. The zero-order valence-electron chi connectivity index (χ0n) is 9.44. The van der Waals surface area contributed by atoms with E-state index >= 15 is 0 Å². The first-order chi connectivity index (χ1) is 7.15. The van der Waals surface area contributed by atoms with Gasteiger partial charge in [-0.2, -0.15) is 0 Å². The lowest BCUT2D eigenvalue weighted by Gasteiger charge is -2.14. The van der Waals surface area contributed by atoms with Crippen molar-refractivity contribution in [2.45, 2.75) is 32.4 Å². The lowest BCUT2D eigenvalue weighted by molar-refractivity contribution is 0.310. The molecule has 0 bridgehead atoms. The van der Waals surface area contributed by atoms with Gasteiger partial charge >= 0.3 is 0 Å². The zero-order chi connectivity index (χ0) is 10.8. The Morgan fingerprint density at radius 2 is 2.40 bits per heavy atom. The molecule has 3 nitrogen and oxygen atoms in total. The average molecular weight is 225 g/mol. The second-order valence-electron chi connectivity index (χ2n) is 4.61. The van der Waals surface area contributed by atoms with E-state index in [1.165, 1.54) is 19.4 Å². The molecule has 0 radical (unpaired) electrons. The minimum Gasteiger partial charge on any atom is -0.322 e. The Hall–Kier alpha value is -0.450. The van der Waals surface area contributed by atoms with Crippen molar-refractivity contribution in [2.75, 3.05) is 13.6 Å². The molecule has 2 N–H and O–H groups in total. The van der Waals surface area contributed by atoms with Gasteiger partial charge in [0.1, 0.15) is 5.01 Å². The summed E-state index contributed by atoms with van der Waals surface area (Å²) in [5, 5.41) is 3.17. The monoisotopic (exact) mass is 225 g/mol. The summed E-state index contributed by atoms with van der Waals surface area (Å²) >= 11 is 1.67. The SMILES string of the molecule is CC(N)c1nc(CN(C)CC2CC2)cs1. The quantitative estimate of drug-likeness (QED) is 0.833. The van der Waals surface area contributed by atoms with Crippen LogP contribution in [0.1, 0.15) is 36.5 Å². The van der Waals surface area contributed by atoms with E-state index in [0.717, 1.165) is 23.2 Å². The predicted octanol–water partition coefficient (Wildman–Crippen LogP) is 2.00. The van der Waals surface area contributed by atoms with E-state index in [4.69, 9.17) is 5.73 Å². The van der Waals surface area contributed by atoms with Crippen LogP contribution in [0.25, 0.3) is 0 Å². The van der Waals surface area contributed by atoms with Crippen molar-refractivity contribution in [1.82, 2.24) is 9.88 Å². The summed E-state index contributed by atoms with van der Waals surface area (Å²) in [5.74, 6) is 0.946. The van der Waals surface area contributed by atoms with Crippen LogP contribution in [0.5, 0.6) is 0 Å². The maximum Gasteiger partial charge on any atom is 0.109 e. The van der Waals surface area contributed by atoms with Crippen LogP contribution in [-0.4, -0.2) is 23.5 Å². The Labute approximate surface area is 95.3 Å². The standard InChI is InChI=1S/C11H19N3S/c1-8(12)11-13-10(7-15-11)6-14(2)5-9-3-4-9/h7-9H,3-6,12H2,1-2H3. The third-order valence-corrected chi connectivity index (χ3v) is 3.75. The van der Waals surface area contributed by atoms with Crippen LogP contribution in [0.2, 0.25) is 0 Å². The van der Waals surface area contributed by atoms with Crippen LogP contribution in [0, 0.1) is 5.92 Å². The van der Waals surface area contributed by atoms with Crippen molar-refractivity contribution in [1.29, 1.82) is 0 Å². The zero-order valence-corrected chi connectivity index (χ0v) is 10.3. The van der Waals surface area contributed by atoms with Gasteiger partial charge in [0, 0.05) is 18.5 Å². The summed E-state index contributed by atoms with van der Waals surface area (Å²) in [6.45, 7) is 4.15. The Morgan fingerprint density at radius 1 is 1.67 bits per heavy atom. The summed E-state index contributed by atoms with van der Waals surface area (Å²) < 4.78 is 0. The van der Waals surface area contributed by atoms with Gasteiger partial charge in [-0.3, -0.25) is 0 Å². The molecule has 1 heterocycles. The number of nitrogens with two attached hydrogens (primary N) is 1. The topological polar surface area (TPSA) is 42.1 Å². The molecule has 1 aliphatic carbocycles. The van der Waals surface area contributed by atoms with Crippen LogP contribution in [0.15, 0.2) is 5.38 Å². The van der Waals surface area contributed by atoms with Gasteiger partial charge in [-0.25, -0.2) is 4.98 Å². The fraction of sp³-hybridized carbons (Fsp3) is 0.727. The van der Waals surface area contributed by atoms with Crippen molar-refractivity contribution in [3.8, 4) is 0 Å². The summed E-state index contributed by atoms with van der Waals surface area (Å²) in [5.41, 5.74) is 6.95. The maximum atomic E-state index is 5.78. The van der Waals surface area contributed by atoms with E-state index in [1.54, 1.807) is 11.3 Å². The van der Waals surface area contributed by atoms with Gasteiger partial charge < -0.3 is 10.6 Å². The smallest absolute Gasteiger partial charge is 0.109 e. The Kier molecular flexibility index (Phi) is 3.38. The van der Waals surface area contributed by atoms with E-state index < -0.39 is 0 Å². The number of aromatic nitrogens is 1. The Morgan fingerprint density at radius 3 is 2.93 bits per heavy atom. The van der Waals surface area contributed by atoms with Gasteiger partial charge in [0.25, 0.3) is 0 Å². The molecule has 0 amide bonds. The van der Waals surface area contributed by atoms with E-state index in [0.29, 0.717) is 0 Å². The minimum atomic E-state index is 0.0671. The molecule has 1 saturated carbocycles. The molecule has 84 valence electrons. The highest BCUT2D eigenvalue weighted by Crippen LogP contribution is 2.29. The summed E-state index contributed by atoms with van der Waals surface area (Å²) in [7, 11) is 2.17. The number of rotatable bonds is 5. The van der Waals surface area contributed by atoms with Gasteiger partial charge in [0.2, 0.25) is 0 Å². The van der Waals surface area contributed by atoms with Gasteiger partial charge in [0.15, 0.2) is 0 Å². The van der Waals surface area contributed by atoms with Gasteiger partial charge in [-0.15, -0.1) is 11.3 Å².